The molecule has 0 radical (unpaired) electrons. The number of amides is 2. The van der Waals surface area contributed by atoms with Crippen LogP contribution in [-0.2, 0) is 26.2 Å². The van der Waals surface area contributed by atoms with Crippen molar-refractivity contribution in [3.05, 3.63) is 94.2 Å². The van der Waals surface area contributed by atoms with E-state index in [1.807, 2.05) is 13.8 Å². The maximum Gasteiger partial charge on any atom is 0.264 e. The smallest absolute Gasteiger partial charge is 0.264 e. The molecule has 3 rings (SSSR count). The molecule has 7 nitrogen and oxygen atoms in total. The van der Waals surface area contributed by atoms with E-state index in [9.17, 15) is 22.4 Å². The van der Waals surface area contributed by atoms with Gasteiger partial charge in [0.15, 0.2) is 0 Å². The van der Waals surface area contributed by atoms with E-state index in [1.54, 1.807) is 25.1 Å². The Kier molecular flexibility index (Phi) is 10.4. The zero-order valence-electron chi connectivity index (χ0n) is 21.8. The highest BCUT2D eigenvalue weighted by Crippen LogP contribution is 2.31. The second kappa shape index (κ2) is 13.3. The molecule has 3 aromatic rings. The molecule has 0 aliphatic carbocycles. The average molecular weight is 595 g/mol. The SMILES string of the molecule is CC[C@H](C)NC(=O)[C@@H](C)N(Cc1ccc(F)cc1)C(=O)CN(c1ccc(Cl)c(Cl)c1)S(=O)(=O)c1ccccc1. The normalized spacial score (nSPS) is 12.9. The number of carbonyl (C=O) groups is 2. The van der Waals surface area contributed by atoms with Crippen LogP contribution in [0.3, 0.4) is 0 Å². The van der Waals surface area contributed by atoms with Crippen LogP contribution in [0.25, 0.3) is 0 Å². The maximum absolute atomic E-state index is 13.8. The fourth-order valence-electron chi connectivity index (χ4n) is 3.72. The molecule has 2 amide bonds. The third kappa shape index (κ3) is 7.71. The van der Waals surface area contributed by atoms with E-state index in [0.717, 1.165) is 4.31 Å². The minimum absolute atomic E-state index is 0.0310. The van der Waals surface area contributed by atoms with Crippen LogP contribution < -0.4 is 9.62 Å². The summed E-state index contributed by atoms with van der Waals surface area (Å²) in [6.07, 6.45) is 0.685. The Balaban J connectivity index is 2.03. The molecule has 3 aromatic carbocycles. The number of nitrogens with one attached hydrogen (secondary N) is 1. The van der Waals surface area contributed by atoms with Crippen LogP contribution in [0.4, 0.5) is 10.1 Å². The second-order valence-electron chi connectivity index (χ2n) is 9.07. The number of halogens is 3. The summed E-state index contributed by atoms with van der Waals surface area (Å²) < 4.78 is 41.9. The van der Waals surface area contributed by atoms with Gasteiger partial charge in [-0.2, -0.15) is 0 Å². The van der Waals surface area contributed by atoms with Gasteiger partial charge in [-0.05, 0) is 68.3 Å². The Labute approximate surface area is 238 Å². The molecule has 0 fully saturated rings. The fraction of sp³-hybridized carbons (Fsp3) is 0.286. The van der Waals surface area contributed by atoms with E-state index in [2.05, 4.69) is 5.32 Å². The van der Waals surface area contributed by atoms with E-state index >= 15 is 0 Å². The molecule has 0 bridgehead atoms. The number of anilines is 1. The Morgan fingerprint density at radius 1 is 0.949 bits per heavy atom. The topological polar surface area (TPSA) is 86.8 Å². The summed E-state index contributed by atoms with van der Waals surface area (Å²) in [5.41, 5.74) is 0.694. The largest absolute Gasteiger partial charge is 0.352 e. The highest BCUT2D eigenvalue weighted by Gasteiger charge is 2.33. The first-order valence-corrected chi connectivity index (χ1v) is 14.5. The number of rotatable bonds is 11. The average Bonchev–Trinajstić information content (AvgIpc) is 2.92. The summed E-state index contributed by atoms with van der Waals surface area (Å²) in [5, 5.41) is 3.19. The summed E-state index contributed by atoms with van der Waals surface area (Å²) in [5.74, 6) is -1.48. The molecular weight excluding hydrogens is 564 g/mol. The van der Waals surface area contributed by atoms with Gasteiger partial charge in [-0.1, -0.05) is 60.5 Å². The third-order valence-electron chi connectivity index (χ3n) is 6.24. The molecular formula is C28H30Cl2FN3O4S. The maximum atomic E-state index is 13.8. The number of sulfonamides is 1. The highest BCUT2D eigenvalue weighted by molar-refractivity contribution is 7.92. The van der Waals surface area contributed by atoms with Crippen LogP contribution in [0.2, 0.25) is 10.0 Å². The molecule has 39 heavy (non-hydrogen) atoms. The molecule has 2 atom stereocenters. The van der Waals surface area contributed by atoms with Crippen LogP contribution >= 0.6 is 23.2 Å². The van der Waals surface area contributed by atoms with Gasteiger partial charge in [0, 0.05) is 12.6 Å². The minimum Gasteiger partial charge on any atom is -0.352 e. The Morgan fingerprint density at radius 3 is 2.18 bits per heavy atom. The lowest BCUT2D eigenvalue weighted by Gasteiger charge is -2.32. The van der Waals surface area contributed by atoms with Gasteiger partial charge in [0.05, 0.1) is 20.6 Å². The lowest BCUT2D eigenvalue weighted by molar-refractivity contribution is -0.139. The molecule has 208 valence electrons. The van der Waals surface area contributed by atoms with Gasteiger partial charge in [0.2, 0.25) is 11.8 Å². The molecule has 0 spiro atoms. The Morgan fingerprint density at radius 2 is 1.59 bits per heavy atom. The zero-order valence-corrected chi connectivity index (χ0v) is 24.1. The molecule has 0 saturated heterocycles. The van der Waals surface area contributed by atoms with Gasteiger partial charge in [-0.15, -0.1) is 0 Å². The van der Waals surface area contributed by atoms with Crippen LogP contribution in [0, 0.1) is 5.82 Å². The summed E-state index contributed by atoms with van der Waals surface area (Å²) >= 11 is 12.3. The highest BCUT2D eigenvalue weighted by atomic mass is 35.5. The van der Waals surface area contributed by atoms with Crippen LogP contribution in [0.5, 0.6) is 0 Å². The predicted octanol–water partition coefficient (Wildman–Crippen LogP) is 5.66. The standard InChI is InChI=1S/C28H30Cl2FN3O4S/c1-4-19(2)32-28(36)20(3)33(17-21-10-12-22(31)13-11-21)27(35)18-34(23-14-15-25(29)26(30)16-23)39(37,38)24-8-6-5-7-9-24/h5-16,19-20H,4,17-18H2,1-3H3,(H,32,36)/t19-,20+/m0/s1. The molecule has 0 heterocycles. The first-order valence-electron chi connectivity index (χ1n) is 12.3. The fourth-order valence-corrected chi connectivity index (χ4v) is 5.44. The quantitative estimate of drug-likeness (QED) is 0.311. The molecule has 0 aliphatic rings. The van der Waals surface area contributed by atoms with E-state index in [0.29, 0.717) is 12.0 Å². The lowest BCUT2D eigenvalue weighted by Crippen LogP contribution is -2.52. The summed E-state index contributed by atoms with van der Waals surface area (Å²) in [7, 11) is -4.23. The van der Waals surface area contributed by atoms with Crippen molar-refractivity contribution in [3.63, 3.8) is 0 Å². The number of benzene rings is 3. The van der Waals surface area contributed by atoms with Crippen LogP contribution in [-0.4, -0.2) is 43.8 Å². The zero-order chi connectivity index (χ0) is 28.7. The van der Waals surface area contributed by atoms with E-state index < -0.39 is 40.2 Å². The van der Waals surface area contributed by atoms with Crippen LogP contribution in [0.1, 0.15) is 32.8 Å². The van der Waals surface area contributed by atoms with Crippen molar-refractivity contribution in [1.82, 2.24) is 10.2 Å². The van der Waals surface area contributed by atoms with Crippen molar-refractivity contribution < 1.29 is 22.4 Å². The summed E-state index contributed by atoms with van der Waals surface area (Å²) in [6, 6.07) is 16.4. The monoisotopic (exact) mass is 593 g/mol. The Hall–Kier alpha value is -3.14. The third-order valence-corrected chi connectivity index (χ3v) is 8.76. The van der Waals surface area contributed by atoms with E-state index in [4.69, 9.17) is 23.2 Å². The van der Waals surface area contributed by atoms with E-state index in [1.165, 1.54) is 59.5 Å². The van der Waals surface area contributed by atoms with Gasteiger partial charge in [0.1, 0.15) is 18.4 Å². The van der Waals surface area contributed by atoms with Gasteiger partial charge in [-0.25, -0.2) is 12.8 Å². The van der Waals surface area contributed by atoms with Crippen molar-refractivity contribution >= 4 is 50.7 Å². The van der Waals surface area contributed by atoms with Gasteiger partial charge < -0.3 is 10.2 Å². The van der Waals surface area contributed by atoms with Crippen molar-refractivity contribution in [2.75, 3.05) is 10.8 Å². The Bertz CT molecular complexity index is 1410. The first kappa shape index (κ1) is 30.4. The van der Waals surface area contributed by atoms with Crippen molar-refractivity contribution in [3.8, 4) is 0 Å². The number of carbonyl (C=O) groups excluding carboxylic acids is 2. The number of nitrogens with zero attached hydrogens (tertiary/aromatic N) is 2. The van der Waals surface area contributed by atoms with Gasteiger partial charge in [0.25, 0.3) is 10.0 Å². The molecule has 11 heteroatoms. The first-order chi connectivity index (χ1) is 18.4. The number of hydrogen-bond donors (Lipinski definition) is 1. The predicted molar refractivity (Wildman–Crippen MR) is 152 cm³/mol. The second-order valence-corrected chi connectivity index (χ2v) is 11.7. The molecule has 1 N–H and O–H groups in total. The molecule has 0 aliphatic heterocycles. The van der Waals surface area contributed by atoms with Crippen molar-refractivity contribution in [1.29, 1.82) is 0 Å². The van der Waals surface area contributed by atoms with Crippen molar-refractivity contribution in [2.24, 2.45) is 0 Å². The van der Waals surface area contributed by atoms with Gasteiger partial charge in [-0.3, -0.25) is 13.9 Å². The van der Waals surface area contributed by atoms with Crippen LogP contribution in [0.15, 0.2) is 77.7 Å². The molecule has 0 saturated carbocycles. The summed E-state index contributed by atoms with van der Waals surface area (Å²) in [4.78, 5) is 28.1. The van der Waals surface area contributed by atoms with Gasteiger partial charge >= 0.3 is 0 Å². The molecule has 0 aromatic heterocycles. The lowest BCUT2D eigenvalue weighted by atomic mass is 10.1. The van der Waals surface area contributed by atoms with Crippen molar-refractivity contribution in [2.45, 2.75) is 50.7 Å². The minimum atomic E-state index is -4.23. The summed E-state index contributed by atoms with van der Waals surface area (Å²) in [6.45, 7) is 4.65. The molecule has 0 unspecified atom stereocenters. The van der Waals surface area contributed by atoms with E-state index in [-0.39, 0.29) is 33.2 Å². The number of hydrogen-bond acceptors (Lipinski definition) is 4.